The summed E-state index contributed by atoms with van der Waals surface area (Å²) in [6, 6.07) is 5.69. The van der Waals surface area contributed by atoms with E-state index < -0.39 is 7.12 Å². The molecule has 1 aliphatic carbocycles. The molecule has 0 aliphatic heterocycles. The molecular weight excluding hydrogens is 223 g/mol. The Balaban J connectivity index is 0.000000771. The Morgan fingerprint density at radius 1 is 1.17 bits per heavy atom. The summed E-state index contributed by atoms with van der Waals surface area (Å²) in [5, 5.41) is 18.4. The first kappa shape index (κ1) is 15.0. The van der Waals surface area contributed by atoms with E-state index in [0.29, 0.717) is 5.46 Å². The maximum Gasteiger partial charge on any atom is 0.488 e. The highest BCUT2D eigenvalue weighted by molar-refractivity contribution is 6.58. The molecule has 0 saturated heterocycles. The van der Waals surface area contributed by atoms with Crippen LogP contribution in [0.3, 0.4) is 0 Å². The molecule has 0 amide bonds. The van der Waals surface area contributed by atoms with Gasteiger partial charge in [0.25, 0.3) is 0 Å². The van der Waals surface area contributed by atoms with Crippen LogP contribution < -0.4 is 5.46 Å². The minimum absolute atomic E-state index is 0.133. The fourth-order valence-electron chi connectivity index (χ4n) is 2.27. The topological polar surface area (TPSA) is 40.5 Å². The Morgan fingerprint density at radius 3 is 2.33 bits per heavy atom. The van der Waals surface area contributed by atoms with E-state index in [2.05, 4.69) is 26.8 Å². The zero-order valence-corrected chi connectivity index (χ0v) is 12.0. The Labute approximate surface area is 111 Å². The fraction of sp³-hybridized carbons (Fsp3) is 0.467. The predicted octanol–water partition coefficient (Wildman–Crippen LogP) is 2.48. The molecule has 0 radical (unpaired) electrons. The van der Waals surface area contributed by atoms with Crippen molar-refractivity contribution in [2.24, 2.45) is 0 Å². The molecule has 0 spiro atoms. The van der Waals surface area contributed by atoms with E-state index in [-0.39, 0.29) is 5.41 Å². The second-order valence-electron chi connectivity index (χ2n) is 5.15. The van der Waals surface area contributed by atoms with Crippen LogP contribution in [0.5, 0.6) is 0 Å². The molecule has 0 aromatic heterocycles. The van der Waals surface area contributed by atoms with Crippen molar-refractivity contribution in [3.05, 3.63) is 35.4 Å². The van der Waals surface area contributed by atoms with E-state index in [1.165, 1.54) is 11.1 Å². The Hall–Kier alpha value is -1.06. The number of allylic oxidation sites excluding steroid dienone is 2. The molecule has 0 bridgehead atoms. The molecule has 2 rings (SSSR count). The van der Waals surface area contributed by atoms with Crippen LogP contribution in [0.4, 0.5) is 0 Å². The molecule has 1 aromatic rings. The van der Waals surface area contributed by atoms with Crippen molar-refractivity contribution in [1.82, 2.24) is 0 Å². The number of benzene rings is 1. The lowest BCUT2D eigenvalue weighted by molar-refractivity contribution is 0.425. The van der Waals surface area contributed by atoms with Gasteiger partial charge in [-0.05, 0) is 40.9 Å². The third kappa shape index (κ3) is 2.85. The van der Waals surface area contributed by atoms with Crippen molar-refractivity contribution in [3.8, 4) is 0 Å². The maximum atomic E-state index is 9.18. The zero-order valence-electron chi connectivity index (χ0n) is 12.0. The minimum Gasteiger partial charge on any atom is -0.423 e. The molecule has 2 nitrogen and oxygen atoms in total. The average Bonchev–Trinajstić information content (AvgIpc) is 2.36. The van der Waals surface area contributed by atoms with E-state index in [9.17, 15) is 10.0 Å². The molecule has 0 unspecified atom stereocenters. The van der Waals surface area contributed by atoms with Gasteiger partial charge in [-0.3, -0.25) is 0 Å². The second kappa shape index (κ2) is 5.72. The lowest BCUT2D eigenvalue weighted by Crippen LogP contribution is -2.32. The van der Waals surface area contributed by atoms with Gasteiger partial charge in [0.2, 0.25) is 0 Å². The van der Waals surface area contributed by atoms with Crippen LogP contribution in [0.1, 0.15) is 52.2 Å². The molecule has 18 heavy (non-hydrogen) atoms. The number of hydrogen-bond donors (Lipinski definition) is 2. The van der Waals surface area contributed by atoms with Crippen molar-refractivity contribution < 1.29 is 10.0 Å². The average molecular weight is 246 g/mol. The largest absolute Gasteiger partial charge is 0.488 e. The maximum absolute atomic E-state index is 9.18. The summed E-state index contributed by atoms with van der Waals surface area (Å²) in [5.41, 5.74) is 4.34. The predicted molar refractivity (Wildman–Crippen MR) is 78.9 cm³/mol. The van der Waals surface area contributed by atoms with Gasteiger partial charge in [-0.15, -0.1) is 0 Å². The summed E-state index contributed by atoms with van der Waals surface area (Å²) >= 11 is 0. The van der Waals surface area contributed by atoms with Gasteiger partial charge in [-0.1, -0.05) is 52.0 Å². The van der Waals surface area contributed by atoms with Crippen LogP contribution in [0.2, 0.25) is 0 Å². The van der Waals surface area contributed by atoms with Crippen LogP contribution in [0.25, 0.3) is 5.57 Å². The third-order valence-corrected chi connectivity index (χ3v) is 3.41. The van der Waals surface area contributed by atoms with Crippen LogP contribution in [0, 0.1) is 0 Å². The summed E-state index contributed by atoms with van der Waals surface area (Å²) in [6.07, 6.45) is 3.25. The van der Waals surface area contributed by atoms with Crippen LogP contribution >= 0.6 is 0 Å². The number of rotatable bonds is 1. The van der Waals surface area contributed by atoms with E-state index in [1.54, 1.807) is 6.07 Å². The number of hydrogen-bond acceptors (Lipinski definition) is 2. The summed E-state index contributed by atoms with van der Waals surface area (Å²) in [7, 11) is -1.39. The van der Waals surface area contributed by atoms with E-state index in [4.69, 9.17) is 0 Å². The standard InChI is InChI=1S/C13H17BO2.C2H6/c1-9-6-7-13(2,3)12-5-4-10(14(15)16)8-11(9)12;1-2/h4-6,8,15-16H,7H2,1-3H3;1-2H3. The highest BCUT2D eigenvalue weighted by Crippen LogP contribution is 2.37. The van der Waals surface area contributed by atoms with Crippen molar-refractivity contribution in [1.29, 1.82) is 0 Å². The molecule has 1 aromatic carbocycles. The molecular formula is C15H23BO2. The normalized spacial score (nSPS) is 16.1. The Bertz CT molecular complexity index is 448. The molecule has 1 aliphatic rings. The highest BCUT2D eigenvalue weighted by atomic mass is 16.4. The number of fused-ring (bicyclic) bond motifs is 1. The zero-order chi connectivity index (χ0) is 13.9. The monoisotopic (exact) mass is 246 g/mol. The minimum atomic E-state index is -1.39. The summed E-state index contributed by atoms with van der Waals surface area (Å²) in [4.78, 5) is 0. The summed E-state index contributed by atoms with van der Waals surface area (Å²) in [5.74, 6) is 0. The molecule has 0 fully saturated rings. The lowest BCUT2D eigenvalue weighted by atomic mass is 9.70. The van der Waals surface area contributed by atoms with Gasteiger partial charge in [0.1, 0.15) is 0 Å². The van der Waals surface area contributed by atoms with E-state index >= 15 is 0 Å². The molecule has 0 atom stereocenters. The van der Waals surface area contributed by atoms with E-state index in [1.807, 2.05) is 26.0 Å². The van der Waals surface area contributed by atoms with Crippen LogP contribution in [-0.2, 0) is 5.41 Å². The van der Waals surface area contributed by atoms with E-state index in [0.717, 1.165) is 12.0 Å². The van der Waals surface area contributed by atoms with Crippen molar-refractivity contribution in [3.63, 3.8) is 0 Å². The lowest BCUT2D eigenvalue weighted by Gasteiger charge is -2.31. The van der Waals surface area contributed by atoms with Gasteiger partial charge in [0, 0.05) is 0 Å². The van der Waals surface area contributed by atoms with Crippen molar-refractivity contribution in [2.45, 2.75) is 46.5 Å². The molecule has 0 heterocycles. The molecule has 0 saturated carbocycles. The Morgan fingerprint density at radius 2 is 1.78 bits per heavy atom. The van der Waals surface area contributed by atoms with Gasteiger partial charge < -0.3 is 10.0 Å². The van der Waals surface area contributed by atoms with Gasteiger partial charge in [0.05, 0.1) is 0 Å². The fourth-order valence-corrected chi connectivity index (χ4v) is 2.27. The third-order valence-electron chi connectivity index (χ3n) is 3.41. The first-order valence-corrected chi connectivity index (χ1v) is 6.59. The molecule has 2 N–H and O–H groups in total. The molecule has 3 heteroatoms. The van der Waals surface area contributed by atoms with Gasteiger partial charge in [-0.25, -0.2) is 0 Å². The van der Waals surface area contributed by atoms with Crippen molar-refractivity contribution >= 4 is 18.2 Å². The van der Waals surface area contributed by atoms with Gasteiger partial charge >= 0.3 is 7.12 Å². The summed E-state index contributed by atoms with van der Waals surface area (Å²) in [6.45, 7) is 10.5. The van der Waals surface area contributed by atoms with Gasteiger partial charge in [0.15, 0.2) is 0 Å². The van der Waals surface area contributed by atoms with Crippen molar-refractivity contribution in [2.75, 3.05) is 0 Å². The second-order valence-corrected chi connectivity index (χ2v) is 5.15. The van der Waals surface area contributed by atoms with Crippen LogP contribution in [-0.4, -0.2) is 17.2 Å². The summed E-state index contributed by atoms with van der Waals surface area (Å²) < 4.78 is 0. The quantitative estimate of drug-likeness (QED) is 0.747. The Kier molecular flexibility index (Phi) is 4.77. The highest BCUT2D eigenvalue weighted by Gasteiger charge is 2.27. The molecule has 98 valence electrons. The van der Waals surface area contributed by atoms with Gasteiger partial charge in [-0.2, -0.15) is 0 Å². The smallest absolute Gasteiger partial charge is 0.423 e. The first-order chi connectivity index (χ1) is 8.42. The first-order valence-electron chi connectivity index (χ1n) is 6.59. The van der Waals surface area contributed by atoms with Crippen LogP contribution in [0.15, 0.2) is 24.3 Å². The SMILES string of the molecule is CC.CC1=CCC(C)(C)c2ccc(B(O)O)cc21.